The van der Waals surface area contributed by atoms with Crippen LogP contribution in [0.5, 0.6) is 0 Å². The van der Waals surface area contributed by atoms with Gasteiger partial charge >= 0.3 is 0 Å². The molecule has 0 amide bonds. The maximum Gasteiger partial charge on any atom is 0.152 e. The third-order valence-corrected chi connectivity index (χ3v) is 6.84. The highest BCUT2D eigenvalue weighted by Crippen LogP contribution is 2.33. The van der Waals surface area contributed by atoms with Gasteiger partial charge in [0.25, 0.3) is 0 Å². The highest BCUT2D eigenvalue weighted by atomic mass is 79.9. The summed E-state index contributed by atoms with van der Waals surface area (Å²) in [5, 5.41) is 0. The number of hydrogen-bond donors (Lipinski definition) is 1. The van der Waals surface area contributed by atoms with Crippen LogP contribution in [0, 0.1) is 0 Å². The molecular formula is C12H19BrN2O2S2. The van der Waals surface area contributed by atoms with E-state index in [1.54, 1.807) is 11.3 Å². The minimum Gasteiger partial charge on any atom is -0.326 e. The summed E-state index contributed by atoms with van der Waals surface area (Å²) < 4.78 is 24.2. The van der Waals surface area contributed by atoms with Gasteiger partial charge in [0, 0.05) is 24.0 Å². The van der Waals surface area contributed by atoms with E-state index in [4.69, 9.17) is 5.73 Å². The van der Waals surface area contributed by atoms with E-state index in [0.29, 0.717) is 13.1 Å². The number of sulfone groups is 1. The lowest BCUT2D eigenvalue weighted by Gasteiger charge is -2.36. The van der Waals surface area contributed by atoms with Crippen molar-refractivity contribution < 1.29 is 8.42 Å². The predicted molar refractivity (Wildman–Crippen MR) is 83.3 cm³/mol. The number of nitrogens with two attached hydrogens (primary N) is 1. The summed E-state index contributed by atoms with van der Waals surface area (Å²) in [6, 6.07) is 4.26. The lowest BCUT2D eigenvalue weighted by molar-refractivity contribution is 0.186. The first-order valence-electron chi connectivity index (χ1n) is 6.38. The molecule has 1 aromatic rings. The van der Waals surface area contributed by atoms with Crippen LogP contribution >= 0.6 is 27.3 Å². The molecule has 1 aliphatic rings. The lowest BCUT2D eigenvalue weighted by atomic mass is 10.0. The Morgan fingerprint density at radius 1 is 1.42 bits per heavy atom. The summed E-state index contributed by atoms with van der Waals surface area (Å²) >= 11 is 5.16. The van der Waals surface area contributed by atoms with Crippen LogP contribution in [-0.4, -0.2) is 44.0 Å². The number of rotatable bonds is 4. The zero-order valence-corrected chi connectivity index (χ0v) is 14.1. The first-order valence-corrected chi connectivity index (χ1v) is 9.81. The van der Waals surface area contributed by atoms with Gasteiger partial charge in [0.05, 0.1) is 21.3 Å². The molecular weight excluding hydrogens is 348 g/mol. The second kappa shape index (κ2) is 6.22. The first-order chi connectivity index (χ1) is 8.93. The van der Waals surface area contributed by atoms with Crippen LogP contribution in [0.25, 0.3) is 0 Å². The number of thiophene rings is 1. The Balaban J connectivity index is 2.19. The zero-order valence-electron chi connectivity index (χ0n) is 10.9. The standard InChI is InChI=1S/C12H19BrN2O2S2/c1-2-9(14)12(10-3-4-11(13)18-10)15-5-7-19(16,17)8-6-15/h3-4,9,12H,2,5-8,14H2,1H3. The Morgan fingerprint density at radius 2 is 2.05 bits per heavy atom. The summed E-state index contributed by atoms with van der Waals surface area (Å²) in [6.07, 6.45) is 0.878. The van der Waals surface area contributed by atoms with Crippen molar-refractivity contribution in [2.24, 2.45) is 5.73 Å². The van der Waals surface area contributed by atoms with E-state index in [-0.39, 0.29) is 23.6 Å². The Labute approximate surface area is 127 Å². The molecule has 1 saturated heterocycles. The largest absolute Gasteiger partial charge is 0.326 e. The van der Waals surface area contributed by atoms with Crippen molar-refractivity contribution in [2.75, 3.05) is 24.6 Å². The normalized spacial score (nSPS) is 23.1. The smallest absolute Gasteiger partial charge is 0.152 e. The maximum absolute atomic E-state index is 11.5. The van der Waals surface area contributed by atoms with Crippen LogP contribution < -0.4 is 5.73 Å². The fourth-order valence-corrected chi connectivity index (χ4v) is 5.24. The molecule has 2 atom stereocenters. The van der Waals surface area contributed by atoms with Gasteiger partial charge in [0.15, 0.2) is 9.84 Å². The van der Waals surface area contributed by atoms with Crippen molar-refractivity contribution in [1.82, 2.24) is 4.90 Å². The molecule has 1 aromatic heterocycles. The van der Waals surface area contributed by atoms with Crippen molar-refractivity contribution in [3.8, 4) is 0 Å². The van der Waals surface area contributed by atoms with Gasteiger partial charge < -0.3 is 5.73 Å². The van der Waals surface area contributed by atoms with E-state index in [1.807, 2.05) is 6.07 Å². The summed E-state index contributed by atoms with van der Waals surface area (Å²) in [5.41, 5.74) is 6.26. The number of nitrogens with zero attached hydrogens (tertiary/aromatic N) is 1. The lowest BCUT2D eigenvalue weighted by Crippen LogP contribution is -2.47. The average Bonchev–Trinajstić information content (AvgIpc) is 2.78. The quantitative estimate of drug-likeness (QED) is 0.885. The van der Waals surface area contributed by atoms with Crippen molar-refractivity contribution in [1.29, 1.82) is 0 Å². The van der Waals surface area contributed by atoms with E-state index in [9.17, 15) is 8.42 Å². The van der Waals surface area contributed by atoms with Gasteiger partial charge in [-0.25, -0.2) is 8.42 Å². The maximum atomic E-state index is 11.5. The molecule has 2 unspecified atom stereocenters. The summed E-state index contributed by atoms with van der Waals surface area (Å²) in [4.78, 5) is 3.42. The molecule has 1 fully saturated rings. The Morgan fingerprint density at radius 3 is 2.53 bits per heavy atom. The Kier molecular flexibility index (Phi) is 5.05. The van der Waals surface area contributed by atoms with Gasteiger partial charge in [-0.15, -0.1) is 11.3 Å². The second-order valence-corrected chi connectivity index (χ2v) is 9.64. The Hall–Kier alpha value is 0.0500. The van der Waals surface area contributed by atoms with E-state index in [0.717, 1.165) is 10.2 Å². The van der Waals surface area contributed by atoms with Crippen molar-refractivity contribution in [3.63, 3.8) is 0 Å². The molecule has 0 spiro atoms. The van der Waals surface area contributed by atoms with E-state index < -0.39 is 9.84 Å². The van der Waals surface area contributed by atoms with Gasteiger partial charge in [0.2, 0.25) is 0 Å². The number of halogens is 1. The first kappa shape index (κ1) is 15.4. The van der Waals surface area contributed by atoms with E-state index >= 15 is 0 Å². The van der Waals surface area contributed by atoms with E-state index in [1.165, 1.54) is 4.88 Å². The highest BCUT2D eigenvalue weighted by molar-refractivity contribution is 9.11. The molecule has 0 bridgehead atoms. The van der Waals surface area contributed by atoms with Crippen LogP contribution in [0.2, 0.25) is 0 Å². The predicted octanol–water partition coefficient (Wildman–Crippen LogP) is 2.02. The molecule has 0 aliphatic carbocycles. The van der Waals surface area contributed by atoms with Crippen LogP contribution in [0.3, 0.4) is 0 Å². The summed E-state index contributed by atoms with van der Waals surface area (Å²) in [5.74, 6) is 0.485. The SMILES string of the molecule is CCC(N)C(c1ccc(Br)s1)N1CCS(=O)(=O)CC1. The molecule has 1 aliphatic heterocycles. The molecule has 2 N–H and O–H groups in total. The van der Waals surface area contributed by atoms with Crippen LogP contribution in [-0.2, 0) is 9.84 Å². The van der Waals surface area contributed by atoms with Gasteiger partial charge in [-0.05, 0) is 34.5 Å². The topological polar surface area (TPSA) is 63.4 Å². The summed E-state index contributed by atoms with van der Waals surface area (Å²) in [7, 11) is -2.85. The molecule has 7 heteroatoms. The van der Waals surface area contributed by atoms with Crippen molar-refractivity contribution >= 4 is 37.1 Å². The summed E-state index contributed by atoms with van der Waals surface area (Å²) in [6.45, 7) is 3.23. The molecule has 0 radical (unpaired) electrons. The second-order valence-electron chi connectivity index (χ2n) is 4.85. The molecule has 2 rings (SSSR count). The van der Waals surface area contributed by atoms with Crippen molar-refractivity contribution in [2.45, 2.75) is 25.4 Å². The fraction of sp³-hybridized carbons (Fsp3) is 0.667. The molecule has 19 heavy (non-hydrogen) atoms. The fourth-order valence-electron chi connectivity index (χ4n) is 2.38. The Bertz CT molecular complexity index is 516. The van der Waals surface area contributed by atoms with Crippen LogP contribution in [0.15, 0.2) is 15.9 Å². The third kappa shape index (κ3) is 3.78. The van der Waals surface area contributed by atoms with Gasteiger partial charge in [-0.3, -0.25) is 4.90 Å². The van der Waals surface area contributed by atoms with Crippen LogP contribution in [0.4, 0.5) is 0 Å². The molecule has 2 heterocycles. The van der Waals surface area contributed by atoms with Gasteiger partial charge in [-0.1, -0.05) is 6.92 Å². The van der Waals surface area contributed by atoms with Crippen LogP contribution in [0.1, 0.15) is 24.3 Å². The highest BCUT2D eigenvalue weighted by Gasteiger charge is 2.31. The molecule has 0 aromatic carbocycles. The third-order valence-electron chi connectivity index (χ3n) is 3.53. The van der Waals surface area contributed by atoms with E-state index in [2.05, 4.69) is 33.8 Å². The van der Waals surface area contributed by atoms with Crippen molar-refractivity contribution in [3.05, 3.63) is 20.8 Å². The monoisotopic (exact) mass is 366 g/mol. The average molecular weight is 367 g/mol. The van der Waals surface area contributed by atoms with Gasteiger partial charge in [-0.2, -0.15) is 0 Å². The minimum absolute atomic E-state index is 0.0337. The minimum atomic E-state index is -2.85. The molecule has 4 nitrogen and oxygen atoms in total. The molecule has 0 saturated carbocycles. The van der Waals surface area contributed by atoms with Gasteiger partial charge in [0.1, 0.15) is 0 Å². The zero-order chi connectivity index (χ0) is 14.0. The molecule has 108 valence electrons. The number of hydrogen-bond acceptors (Lipinski definition) is 5.